The standard InChI is InChI=1S/C15H17N3O3/c1-9(13-3-2-6-21-13)18-14-11-5-4-10(15(19)20)7-12(11)16-8-17-14/h4-5,7-9,13H,2-3,6H2,1H3,(H,19,20)(H,16,17,18). The molecule has 0 saturated carbocycles. The minimum absolute atomic E-state index is 0.143. The molecule has 1 saturated heterocycles. The van der Waals surface area contributed by atoms with Crippen LogP contribution in [0.3, 0.4) is 0 Å². The van der Waals surface area contributed by atoms with Gasteiger partial charge in [-0.1, -0.05) is 0 Å². The number of ether oxygens (including phenoxy) is 1. The molecule has 0 radical (unpaired) electrons. The molecule has 21 heavy (non-hydrogen) atoms. The van der Waals surface area contributed by atoms with Crippen molar-refractivity contribution in [2.45, 2.75) is 31.9 Å². The first-order valence-corrected chi connectivity index (χ1v) is 7.01. The number of hydrogen-bond acceptors (Lipinski definition) is 5. The molecule has 0 amide bonds. The molecule has 2 unspecified atom stereocenters. The lowest BCUT2D eigenvalue weighted by molar-refractivity contribution is 0.0697. The molecule has 110 valence electrons. The van der Waals surface area contributed by atoms with E-state index in [-0.39, 0.29) is 17.7 Å². The Kier molecular flexibility index (Phi) is 3.70. The molecule has 0 spiro atoms. The molecule has 1 aliphatic rings. The molecular weight excluding hydrogens is 270 g/mol. The molecular formula is C15H17N3O3. The fourth-order valence-corrected chi connectivity index (χ4v) is 2.61. The summed E-state index contributed by atoms with van der Waals surface area (Å²) in [5.74, 6) is -0.252. The van der Waals surface area contributed by atoms with E-state index in [1.165, 1.54) is 6.33 Å². The van der Waals surface area contributed by atoms with Crippen molar-refractivity contribution < 1.29 is 14.6 Å². The Bertz CT molecular complexity index is 668. The van der Waals surface area contributed by atoms with Crippen LogP contribution in [0.2, 0.25) is 0 Å². The zero-order valence-electron chi connectivity index (χ0n) is 11.7. The third-order valence-electron chi connectivity index (χ3n) is 3.77. The highest BCUT2D eigenvalue weighted by Gasteiger charge is 2.23. The van der Waals surface area contributed by atoms with Crippen LogP contribution in [-0.4, -0.2) is 39.8 Å². The molecule has 1 fully saturated rings. The first-order chi connectivity index (χ1) is 10.1. The monoisotopic (exact) mass is 287 g/mol. The number of carboxylic acid groups (broad SMARTS) is 1. The van der Waals surface area contributed by atoms with Crippen molar-refractivity contribution in [1.29, 1.82) is 0 Å². The summed E-state index contributed by atoms with van der Waals surface area (Å²) in [5.41, 5.74) is 0.839. The number of carbonyl (C=O) groups is 1. The fourth-order valence-electron chi connectivity index (χ4n) is 2.61. The summed E-state index contributed by atoms with van der Waals surface area (Å²) >= 11 is 0. The average Bonchev–Trinajstić information content (AvgIpc) is 3.01. The van der Waals surface area contributed by atoms with Gasteiger partial charge in [0.25, 0.3) is 0 Å². The molecule has 3 rings (SSSR count). The highest BCUT2D eigenvalue weighted by atomic mass is 16.5. The van der Waals surface area contributed by atoms with E-state index in [0.29, 0.717) is 11.3 Å². The minimum atomic E-state index is -0.960. The predicted octanol–water partition coefficient (Wildman–Crippen LogP) is 2.31. The number of carboxylic acids is 1. The summed E-state index contributed by atoms with van der Waals surface area (Å²) in [7, 11) is 0. The lowest BCUT2D eigenvalue weighted by Gasteiger charge is -2.21. The van der Waals surface area contributed by atoms with Crippen molar-refractivity contribution in [2.75, 3.05) is 11.9 Å². The summed E-state index contributed by atoms with van der Waals surface area (Å²) in [6, 6.07) is 5.00. The maximum Gasteiger partial charge on any atom is 0.335 e. The quantitative estimate of drug-likeness (QED) is 0.897. The van der Waals surface area contributed by atoms with Gasteiger partial charge >= 0.3 is 5.97 Å². The van der Waals surface area contributed by atoms with Crippen LogP contribution < -0.4 is 5.32 Å². The van der Waals surface area contributed by atoms with Gasteiger partial charge in [0.05, 0.1) is 23.2 Å². The minimum Gasteiger partial charge on any atom is -0.478 e. The molecule has 1 aromatic carbocycles. The highest BCUT2D eigenvalue weighted by Crippen LogP contribution is 2.23. The second kappa shape index (κ2) is 5.65. The lowest BCUT2D eigenvalue weighted by atomic mass is 10.1. The van der Waals surface area contributed by atoms with Crippen LogP contribution in [0.1, 0.15) is 30.1 Å². The summed E-state index contributed by atoms with van der Waals surface area (Å²) in [6.45, 7) is 2.87. The van der Waals surface area contributed by atoms with Gasteiger partial charge in [0, 0.05) is 12.0 Å². The topological polar surface area (TPSA) is 84.3 Å². The molecule has 6 heteroatoms. The first-order valence-electron chi connectivity index (χ1n) is 7.01. The summed E-state index contributed by atoms with van der Waals surface area (Å²) in [6.07, 6.45) is 3.76. The Morgan fingerprint density at radius 2 is 2.33 bits per heavy atom. The largest absolute Gasteiger partial charge is 0.478 e. The number of hydrogen-bond donors (Lipinski definition) is 2. The van der Waals surface area contributed by atoms with Gasteiger partial charge in [0.1, 0.15) is 12.1 Å². The van der Waals surface area contributed by atoms with Crippen molar-refractivity contribution >= 4 is 22.7 Å². The van der Waals surface area contributed by atoms with Crippen LogP contribution in [-0.2, 0) is 4.74 Å². The van der Waals surface area contributed by atoms with Gasteiger partial charge in [-0.25, -0.2) is 14.8 Å². The van der Waals surface area contributed by atoms with E-state index in [0.717, 1.165) is 24.8 Å². The maximum absolute atomic E-state index is 11.0. The van der Waals surface area contributed by atoms with Crippen molar-refractivity contribution in [3.05, 3.63) is 30.1 Å². The second-order valence-corrected chi connectivity index (χ2v) is 5.24. The van der Waals surface area contributed by atoms with Crippen molar-refractivity contribution in [1.82, 2.24) is 9.97 Å². The molecule has 2 heterocycles. The number of nitrogens with zero attached hydrogens (tertiary/aromatic N) is 2. The van der Waals surface area contributed by atoms with E-state index in [2.05, 4.69) is 22.2 Å². The molecule has 2 aromatic rings. The van der Waals surface area contributed by atoms with Crippen molar-refractivity contribution in [3.63, 3.8) is 0 Å². The van der Waals surface area contributed by atoms with Crippen LogP contribution in [0.5, 0.6) is 0 Å². The summed E-state index contributed by atoms with van der Waals surface area (Å²) < 4.78 is 5.67. The van der Waals surface area contributed by atoms with Gasteiger partial charge in [-0.05, 0) is 38.0 Å². The molecule has 0 aliphatic carbocycles. The Morgan fingerprint density at radius 3 is 3.05 bits per heavy atom. The predicted molar refractivity (Wildman–Crippen MR) is 78.6 cm³/mol. The van der Waals surface area contributed by atoms with Crippen molar-refractivity contribution in [3.8, 4) is 0 Å². The van der Waals surface area contributed by atoms with Gasteiger partial charge < -0.3 is 15.2 Å². The number of fused-ring (bicyclic) bond motifs is 1. The number of anilines is 1. The van der Waals surface area contributed by atoms with Crippen LogP contribution in [0.15, 0.2) is 24.5 Å². The first kappa shape index (κ1) is 13.8. The van der Waals surface area contributed by atoms with Gasteiger partial charge in [0.15, 0.2) is 0 Å². The third kappa shape index (κ3) is 2.80. The number of aromatic nitrogens is 2. The van der Waals surface area contributed by atoms with E-state index in [1.807, 2.05) is 0 Å². The average molecular weight is 287 g/mol. The number of aromatic carboxylic acids is 1. The van der Waals surface area contributed by atoms with E-state index < -0.39 is 5.97 Å². The maximum atomic E-state index is 11.0. The number of benzene rings is 1. The Morgan fingerprint density at radius 1 is 1.48 bits per heavy atom. The lowest BCUT2D eigenvalue weighted by Crippen LogP contribution is -2.30. The number of nitrogens with one attached hydrogen (secondary N) is 1. The summed E-state index contributed by atoms with van der Waals surface area (Å²) in [5, 5.41) is 13.2. The molecule has 2 atom stereocenters. The van der Waals surface area contributed by atoms with Gasteiger partial charge in [-0.15, -0.1) is 0 Å². The van der Waals surface area contributed by atoms with E-state index in [9.17, 15) is 4.79 Å². The van der Waals surface area contributed by atoms with Crippen molar-refractivity contribution in [2.24, 2.45) is 0 Å². The second-order valence-electron chi connectivity index (χ2n) is 5.24. The molecule has 0 bridgehead atoms. The third-order valence-corrected chi connectivity index (χ3v) is 3.77. The van der Waals surface area contributed by atoms with E-state index >= 15 is 0 Å². The van der Waals surface area contributed by atoms with Crippen LogP contribution in [0, 0.1) is 0 Å². The molecule has 6 nitrogen and oxygen atoms in total. The van der Waals surface area contributed by atoms with E-state index in [4.69, 9.17) is 9.84 Å². The zero-order chi connectivity index (χ0) is 14.8. The highest BCUT2D eigenvalue weighted by molar-refractivity contribution is 5.96. The molecule has 1 aliphatic heterocycles. The Balaban J connectivity index is 1.89. The van der Waals surface area contributed by atoms with E-state index in [1.54, 1.807) is 18.2 Å². The fraction of sp³-hybridized carbons (Fsp3) is 0.400. The smallest absolute Gasteiger partial charge is 0.335 e. The zero-order valence-corrected chi connectivity index (χ0v) is 11.7. The molecule has 2 N–H and O–H groups in total. The molecule has 1 aromatic heterocycles. The normalized spacial score (nSPS) is 19.6. The summed E-state index contributed by atoms with van der Waals surface area (Å²) in [4.78, 5) is 19.4. The van der Waals surface area contributed by atoms with Gasteiger partial charge in [-0.2, -0.15) is 0 Å². The van der Waals surface area contributed by atoms with Gasteiger partial charge in [-0.3, -0.25) is 0 Å². The number of rotatable bonds is 4. The van der Waals surface area contributed by atoms with Gasteiger partial charge in [0.2, 0.25) is 0 Å². The SMILES string of the molecule is CC(Nc1ncnc2cc(C(=O)O)ccc12)C1CCCO1. The van der Waals surface area contributed by atoms with Crippen LogP contribution >= 0.6 is 0 Å². The Labute approximate surface area is 122 Å². The Hall–Kier alpha value is -2.21. The van der Waals surface area contributed by atoms with Crippen LogP contribution in [0.4, 0.5) is 5.82 Å². The van der Waals surface area contributed by atoms with Crippen LogP contribution in [0.25, 0.3) is 10.9 Å².